The molecule has 0 spiro atoms. The van der Waals surface area contributed by atoms with Crippen LogP contribution in [0, 0.1) is 12.3 Å². The van der Waals surface area contributed by atoms with Crippen LogP contribution in [0.1, 0.15) is 32.8 Å². The number of hydrogen-bond donors (Lipinski definition) is 2. The smallest absolute Gasteiger partial charge is 0.232 e. The summed E-state index contributed by atoms with van der Waals surface area (Å²) < 4.78 is 26.3. The Balaban J connectivity index is 2.90. The Labute approximate surface area is 119 Å². The SMILES string of the molecule is Cc1cc(Cl)cc(NS(=O)(=O)CCC(C)(C)C)c1O. The van der Waals surface area contributed by atoms with E-state index in [1.165, 1.54) is 6.07 Å². The van der Waals surface area contributed by atoms with Crippen LogP contribution in [0.5, 0.6) is 5.75 Å². The van der Waals surface area contributed by atoms with Gasteiger partial charge in [0.2, 0.25) is 10.0 Å². The van der Waals surface area contributed by atoms with Crippen molar-refractivity contribution in [1.29, 1.82) is 0 Å². The number of rotatable bonds is 4. The molecule has 1 aromatic rings. The van der Waals surface area contributed by atoms with Crippen LogP contribution in [0.2, 0.25) is 5.02 Å². The Morgan fingerprint density at radius 3 is 2.42 bits per heavy atom. The second-order valence-corrected chi connectivity index (χ2v) is 8.13. The van der Waals surface area contributed by atoms with Crippen molar-refractivity contribution < 1.29 is 13.5 Å². The first-order valence-corrected chi connectivity index (χ1v) is 8.03. The molecule has 4 nitrogen and oxygen atoms in total. The van der Waals surface area contributed by atoms with E-state index in [1.54, 1.807) is 13.0 Å². The Kier molecular flexibility index (Phi) is 4.74. The molecule has 0 aromatic heterocycles. The van der Waals surface area contributed by atoms with E-state index < -0.39 is 10.0 Å². The topological polar surface area (TPSA) is 66.4 Å². The molecule has 0 aliphatic heterocycles. The standard InChI is InChI=1S/C13H20ClNO3S/c1-9-7-10(14)8-11(12(9)16)15-19(17,18)6-5-13(2,3)4/h7-8,15-16H,5-6H2,1-4H3. The summed E-state index contributed by atoms with van der Waals surface area (Å²) in [4.78, 5) is 0. The average Bonchev–Trinajstić information content (AvgIpc) is 2.21. The molecule has 6 heteroatoms. The van der Waals surface area contributed by atoms with Gasteiger partial charge in [-0.1, -0.05) is 32.4 Å². The van der Waals surface area contributed by atoms with Crippen molar-refractivity contribution in [2.45, 2.75) is 34.1 Å². The van der Waals surface area contributed by atoms with Crippen molar-refractivity contribution in [3.8, 4) is 5.75 Å². The lowest BCUT2D eigenvalue weighted by Gasteiger charge is -2.18. The molecular formula is C13H20ClNO3S. The van der Waals surface area contributed by atoms with Gasteiger partial charge in [0.05, 0.1) is 11.4 Å². The van der Waals surface area contributed by atoms with Gasteiger partial charge in [0, 0.05) is 5.02 Å². The van der Waals surface area contributed by atoms with Crippen LogP contribution in [0.4, 0.5) is 5.69 Å². The largest absolute Gasteiger partial charge is 0.505 e. The maximum absolute atomic E-state index is 12.0. The van der Waals surface area contributed by atoms with Crippen LogP contribution in [0.15, 0.2) is 12.1 Å². The Bertz CT molecular complexity index is 562. The Morgan fingerprint density at radius 2 is 1.89 bits per heavy atom. The molecule has 0 bridgehead atoms. The highest BCUT2D eigenvalue weighted by molar-refractivity contribution is 7.92. The van der Waals surface area contributed by atoms with Crippen molar-refractivity contribution in [3.05, 3.63) is 22.7 Å². The first kappa shape index (κ1) is 16.1. The van der Waals surface area contributed by atoms with Crippen LogP contribution in [-0.2, 0) is 10.0 Å². The normalized spacial score (nSPS) is 12.5. The van der Waals surface area contributed by atoms with Gasteiger partial charge in [-0.15, -0.1) is 0 Å². The zero-order valence-corrected chi connectivity index (χ0v) is 13.2. The van der Waals surface area contributed by atoms with Crippen molar-refractivity contribution in [2.24, 2.45) is 5.41 Å². The fourth-order valence-corrected chi connectivity index (χ4v) is 3.22. The number of aromatic hydroxyl groups is 1. The van der Waals surface area contributed by atoms with E-state index in [0.29, 0.717) is 17.0 Å². The number of anilines is 1. The molecule has 1 rings (SSSR count). The predicted octanol–water partition coefficient (Wildman–Crippen LogP) is 3.53. The number of benzene rings is 1. The highest BCUT2D eigenvalue weighted by Crippen LogP contribution is 2.32. The van der Waals surface area contributed by atoms with E-state index in [0.717, 1.165) is 0 Å². The third kappa shape index (κ3) is 5.28. The number of phenolic OH excluding ortho intramolecular Hbond substituents is 1. The van der Waals surface area contributed by atoms with Gasteiger partial charge in [0.25, 0.3) is 0 Å². The highest BCUT2D eigenvalue weighted by Gasteiger charge is 2.19. The first-order valence-electron chi connectivity index (χ1n) is 6.00. The molecule has 0 aliphatic carbocycles. The molecule has 0 fully saturated rings. The monoisotopic (exact) mass is 305 g/mol. The second kappa shape index (κ2) is 5.59. The van der Waals surface area contributed by atoms with Gasteiger partial charge in [-0.05, 0) is 36.5 Å². The molecule has 19 heavy (non-hydrogen) atoms. The molecule has 0 aliphatic rings. The number of halogens is 1. The van der Waals surface area contributed by atoms with Gasteiger partial charge in [-0.2, -0.15) is 0 Å². The third-order valence-corrected chi connectivity index (χ3v) is 4.14. The van der Waals surface area contributed by atoms with Crippen LogP contribution in [0.3, 0.4) is 0 Å². The summed E-state index contributed by atoms with van der Waals surface area (Å²) >= 11 is 5.85. The lowest BCUT2D eigenvalue weighted by Crippen LogP contribution is -2.21. The maximum atomic E-state index is 12.0. The third-order valence-electron chi connectivity index (χ3n) is 2.65. The average molecular weight is 306 g/mol. The zero-order chi connectivity index (χ0) is 14.8. The number of sulfonamides is 1. The lowest BCUT2D eigenvalue weighted by atomic mass is 9.94. The van der Waals surface area contributed by atoms with Crippen LogP contribution >= 0.6 is 11.6 Å². The number of aryl methyl sites for hydroxylation is 1. The molecule has 108 valence electrons. The number of hydrogen-bond acceptors (Lipinski definition) is 3. The van der Waals surface area contributed by atoms with Crippen molar-refractivity contribution in [2.75, 3.05) is 10.5 Å². The zero-order valence-electron chi connectivity index (χ0n) is 11.6. The van der Waals surface area contributed by atoms with E-state index in [9.17, 15) is 13.5 Å². The summed E-state index contributed by atoms with van der Waals surface area (Å²) in [7, 11) is -3.49. The molecular weight excluding hydrogens is 286 g/mol. The first-order chi connectivity index (χ1) is 8.50. The van der Waals surface area contributed by atoms with Gasteiger partial charge in [-0.25, -0.2) is 8.42 Å². The minimum Gasteiger partial charge on any atom is -0.505 e. The molecule has 2 N–H and O–H groups in total. The van der Waals surface area contributed by atoms with Crippen molar-refractivity contribution >= 4 is 27.3 Å². The minimum absolute atomic E-state index is 0.00149. The van der Waals surface area contributed by atoms with Crippen LogP contribution in [0.25, 0.3) is 0 Å². The maximum Gasteiger partial charge on any atom is 0.232 e. The minimum atomic E-state index is -3.49. The van der Waals surface area contributed by atoms with Crippen LogP contribution < -0.4 is 4.72 Å². The van der Waals surface area contributed by atoms with Gasteiger partial charge < -0.3 is 5.11 Å². The van der Waals surface area contributed by atoms with Gasteiger partial charge in [0.1, 0.15) is 5.75 Å². The van der Waals surface area contributed by atoms with E-state index >= 15 is 0 Å². The molecule has 0 saturated heterocycles. The highest BCUT2D eigenvalue weighted by atomic mass is 35.5. The Hall–Kier alpha value is -0.940. The van der Waals surface area contributed by atoms with E-state index in [2.05, 4.69) is 4.72 Å². The van der Waals surface area contributed by atoms with Crippen molar-refractivity contribution in [3.63, 3.8) is 0 Å². The number of phenols is 1. The van der Waals surface area contributed by atoms with Crippen LogP contribution in [-0.4, -0.2) is 19.3 Å². The predicted molar refractivity (Wildman–Crippen MR) is 79.3 cm³/mol. The summed E-state index contributed by atoms with van der Waals surface area (Å²) in [5, 5.41) is 10.2. The fraction of sp³-hybridized carbons (Fsp3) is 0.538. The molecule has 0 saturated carbocycles. The van der Waals surface area contributed by atoms with E-state index in [4.69, 9.17) is 11.6 Å². The Morgan fingerprint density at radius 1 is 1.32 bits per heavy atom. The summed E-state index contributed by atoms with van der Waals surface area (Å²) in [5.41, 5.74) is 0.584. The quantitative estimate of drug-likeness (QED) is 0.836. The van der Waals surface area contributed by atoms with Gasteiger partial charge in [-0.3, -0.25) is 4.72 Å². The summed E-state index contributed by atoms with van der Waals surface area (Å²) in [6, 6.07) is 2.97. The fourth-order valence-electron chi connectivity index (χ4n) is 1.47. The number of nitrogens with one attached hydrogen (secondary N) is 1. The molecule has 0 atom stereocenters. The summed E-state index contributed by atoms with van der Waals surface area (Å²) in [5.74, 6) is -0.0923. The molecule has 0 unspecified atom stereocenters. The summed E-state index contributed by atoms with van der Waals surface area (Å²) in [6.07, 6.45) is 0.530. The second-order valence-electron chi connectivity index (χ2n) is 5.85. The van der Waals surface area contributed by atoms with E-state index in [-0.39, 0.29) is 22.6 Å². The molecule has 1 aromatic carbocycles. The molecule has 0 heterocycles. The van der Waals surface area contributed by atoms with Gasteiger partial charge in [0.15, 0.2) is 0 Å². The summed E-state index contributed by atoms with van der Waals surface area (Å²) in [6.45, 7) is 7.59. The van der Waals surface area contributed by atoms with Crippen molar-refractivity contribution in [1.82, 2.24) is 0 Å². The lowest BCUT2D eigenvalue weighted by molar-refractivity contribution is 0.397. The molecule has 0 radical (unpaired) electrons. The van der Waals surface area contributed by atoms with Gasteiger partial charge >= 0.3 is 0 Å². The molecule has 0 amide bonds. The van der Waals surface area contributed by atoms with E-state index in [1.807, 2.05) is 20.8 Å².